The van der Waals surface area contributed by atoms with Crippen LogP contribution in [0.25, 0.3) is 0 Å². The number of benzene rings is 2. The van der Waals surface area contributed by atoms with Crippen LogP contribution in [0.5, 0.6) is 0 Å². The van der Waals surface area contributed by atoms with E-state index in [1.807, 2.05) is 26.0 Å². The first-order valence-electron chi connectivity index (χ1n) is 5.91. The van der Waals surface area contributed by atoms with Crippen LogP contribution in [0, 0.1) is 17.4 Å². The Balaban J connectivity index is 2.33. The van der Waals surface area contributed by atoms with E-state index in [-0.39, 0.29) is 5.91 Å². The van der Waals surface area contributed by atoms with Crippen molar-refractivity contribution in [3.63, 3.8) is 0 Å². The summed E-state index contributed by atoms with van der Waals surface area (Å²) in [6.07, 6.45) is 0. The van der Waals surface area contributed by atoms with E-state index in [9.17, 15) is 4.79 Å². The van der Waals surface area contributed by atoms with E-state index in [1.165, 1.54) is 0 Å². The third-order valence-electron chi connectivity index (χ3n) is 2.91. The first kappa shape index (κ1) is 15.6. The number of hydrogen-bond donors (Lipinski definition) is 1. The van der Waals surface area contributed by atoms with Crippen molar-refractivity contribution in [3.8, 4) is 0 Å². The van der Waals surface area contributed by atoms with E-state index in [0.29, 0.717) is 15.6 Å². The van der Waals surface area contributed by atoms with Gasteiger partial charge in [0.05, 0.1) is 10.6 Å². The van der Waals surface area contributed by atoms with Crippen molar-refractivity contribution < 1.29 is 4.79 Å². The van der Waals surface area contributed by atoms with Crippen molar-refractivity contribution in [2.75, 3.05) is 5.32 Å². The standard InChI is InChI=1S/C15H12Cl2INO/c1-8-5-11(18)6-9(2)14(8)19-15(20)12-4-3-10(16)7-13(12)17/h3-7H,1-2H3,(H,19,20). The number of rotatable bonds is 2. The zero-order valence-corrected chi connectivity index (χ0v) is 14.6. The molecule has 20 heavy (non-hydrogen) atoms. The van der Waals surface area contributed by atoms with Crippen LogP contribution >= 0.6 is 45.8 Å². The van der Waals surface area contributed by atoms with E-state index in [2.05, 4.69) is 27.9 Å². The lowest BCUT2D eigenvalue weighted by Crippen LogP contribution is -2.14. The molecule has 0 aliphatic rings. The molecule has 0 bridgehead atoms. The van der Waals surface area contributed by atoms with Gasteiger partial charge in [-0.1, -0.05) is 23.2 Å². The minimum Gasteiger partial charge on any atom is -0.321 e. The molecule has 0 radical (unpaired) electrons. The summed E-state index contributed by atoms with van der Waals surface area (Å²) in [5.74, 6) is -0.237. The highest BCUT2D eigenvalue weighted by Crippen LogP contribution is 2.26. The number of amides is 1. The van der Waals surface area contributed by atoms with Crippen LogP contribution in [0.4, 0.5) is 5.69 Å². The molecule has 5 heteroatoms. The molecular weight excluding hydrogens is 408 g/mol. The molecule has 2 aromatic rings. The molecule has 104 valence electrons. The predicted octanol–water partition coefficient (Wildman–Crippen LogP) is 5.47. The maximum atomic E-state index is 12.3. The zero-order chi connectivity index (χ0) is 14.9. The summed E-state index contributed by atoms with van der Waals surface area (Å²) in [6.45, 7) is 3.93. The van der Waals surface area contributed by atoms with E-state index in [4.69, 9.17) is 23.2 Å². The molecule has 2 nitrogen and oxygen atoms in total. The summed E-state index contributed by atoms with van der Waals surface area (Å²) >= 11 is 14.1. The second-order valence-electron chi connectivity index (χ2n) is 4.49. The van der Waals surface area contributed by atoms with Crippen LogP contribution in [0.3, 0.4) is 0 Å². The maximum absolute atomic E-state index is 12.3. The molecule has 0 saturated carbocycles. The average molecular weight is 420 g/mol. The van der Waals surface area contributed by atoms with Crippen LogP contribution in [-0.4, -0.2) is 5.91 Å². The number of carbonyl (C=O) groups excluding carboxylic acids is 1. The minimum atomic E-state index is -0.237. The lowest BCUT2D eigenvalue weighted by atomic mass is 10.1. The van der Waals surface area contributed by atoms with Crippen LogP contribution in [0.15, 0.2) is 30.3 Å². The molecule has 1 amide bonds. The lowest BCUT2D eigenvalue weighted by Gasteiger charge is -2.13. The summed E-state index contributed by atoms with van der Waals surface area (Å²) in [6, 6.07) is 8.87. The second-order valence-corrected chi connectivity index (χ2v) is 6.58. The Kier molecular flexibility index (Phi) is 4.94. The van der Waals surface area contributed by atoms with E-state index in [0.717, 1.165) is 20.4 Å². The van der Waals surface area contributed by atoms with Gasteiger partial charge in [0.25, 0.3) is 5.91 Å². The normalized spacial score (nSPS) is 10.4. The smallest absolute Gasteiger partial charge is 0.257 e. The number of carbonyl (C=O) groups is 1. The summed E-state index contributed by atoms with van der Waals surface area (Å²) in [5.41, 5.74) is 3.27. The zero-order valence-electron chi connectivity index (χ0n) is 10.9. The lowest BCUT2D eigenvalue weighted by molar-refractivity contribution is 0.102. The van der Waals surface area contributed by atoms with Crippen molar-refractivity contribution in [2.24, 2.45) is 0 Å². The number of aryl methyl sites for hydroxylation is 2. The van der Waals surface area contributed by atoms with Gasteiger partial charge in [-0.25, -0.2) is 0 Å². The van der Waals surface area contributed by atoms with Gasteiger partial charge in [-0.2, -0.15) is 0 Å². The molecule has 1 N–H and O–H groups in total. The largest absolute Gasteiger partial charge is 0.321 e. The highest BCUT2D eigenvalue weighted by molar-refractivity contribution is 14.1. The third kappa shape index (κ3) is 3.45. The van der Waals surface area contributed by atoms with Crippen molar-refractivity contribution in [1.29, 1.82) is 0 Å². The Hall–Kier alpha value is -0.780. The first-order valence-corrected chi connectivity index (χ1v) is 7.75. The van der Waals surface area contributed by atoms with Gasteiger partial charge in [0.2, 0.25) is 0 Å². The quantitative estimate of drug-likeness (QED) is 0.642. The van der Waals surface area contributed by atoms with Crippen molar-refractivity contribution >= 4 is 57.4 Å². The topological polar surface area (TPSA) is 29.1 Å². The molecule has 0 unspecified atom stereocenters. The molecular formula is C15H12Cl2INO. The molecule has 0 aromatic heterocycles. The van der Waals surface area contributed by atoms with Gasteiger partial charge in [-0.3, -0.25) is 4.79 Å². The Labute approximate surface area is 141 Å². The van der Waals surface area contributed by atoms with Crippen LogP contribution in [0.1, 0.15) is 21.5 Å². The van der Waals surface area contributed by atoms with Gasteiger partial charge in [-0.15, -0.1) is 0 Å². The van der Waals surface area contributed by atoms with Gasteiger partial charge in [-0.05, 0) is 77.9 Å². The molecule has 0 aliphatic heterocycles. The number of nitrogens with one attached hydrogen (secondary N) is 1. The Morgan fingerprint density at radius 1 is 1.10 bits per heavy atom. The molecule has 0 saturated heterocycles. The van der Waals surface area contributed by atoms with Gasteiger partial charge in [0.15, 0.2) is 0 Å². The molecule has 0 aliphatic carbocycles. The van der Waals surface area contributed by atoms with Gasteiger partial charge < -0.3 is 5.32 Å². The average Bonchev–Trinajstić information content (AvgIpc) is 2.33. The monoisotopic (exact) mass is 419 g/mol. The fraction of sp³-hybridized carbons (Fsp3) is 0.133. The molecule has 0 heterocycles. The SMILES string of the molecule is Cc1cc(I)cc(C)c1NC(=O)c1ccc(Cl)cc1Cl. The second kappa shape index (κ2) is 6.33. The van der Waals surface area contributed by atoms with E-state index in [1.54, 1.807) is 18.2 Å². The van der Waals surface area contributed by atoms with Crippen LogP contribution in [0.2, 0.25) is 10.0 Å². The highest BCUT2D eigenvalue weighted by Gasteiger charge is 2.13. The fourth-order valence-corrected chi connectivity index (χ4v) is 3.39. The van der Waals surface area contributed by atoms with Crippen molar-refractivity contribution in [2.45, 2.75) is 13.8 Å². The third-order valence-corrected chi connectivity index (χ3v) is 4.08. The number of anilines is 1. The molecule has 2 rings (SSSR count). The molecule has 2 aromatic carbocycles. The number of hydrogen-bond acceptors (Lipinski definition) is 1. The maximum Gasteiger partial charge on any atom is 0.257 e. The van der Waals surface area contributed by atoms with Gasteiger partial charge >= 0.3 is 0 Å². The van der Waals surface area contributed by atoms with Crippen LogP contribution < -0.4 is 5.32 Å². The van der Waals surface area contributed by atoms with E-state index >= 15 is 0 Å². The Morgan fingerprint density at radius 3 is 2.25 bits per heavy atom. The molecule has 0 fully saturated rings. The minimum absolute atomic E-state index is 0.237. The van der Waals surface area contributed by atoms with Crippen molar-refractivity contribution in [3.05, 3.63) is 60.6 Å². The molecule has 0 spiro atoms. The fourth-order valence-electron chi connectivity index (χ4n) is 1.96. The van der Waals surface area contributed by atoms with Gasteiger partial charge in [0, 0.05) is 14.3 Å². The van der Waals surface area contributed by atoms with Crippen molar-refractivity contribution in [1.82, 2.24) is 0 Å². The summed E-state index contributed by atoms with van der Waals surface area (Å²) < 4.78 is 1.14. The van der Waals surface area contributed by atoms with E-state index < -0.39 is 0 Å². The summed E-state index contributed by atoms with van der Waals surface area (Å²) in [5, 5.41) is 3.76. The summed E-state index contributed by atoms with van der Waals surface area (Å²) in [4.78, 5) is 12.3. The molecule has 0 atom stereocenters. The Morgan fingerprint density at radius 2 is 1.70 bits per heavy atom. The van der Waals surface area contributed by atoms with Gasteiger partial charge in [0.1, 0.15) is 0 Å². The predicted molar refractivity (Wildman–Crippen MR) is 93.0 cm³/mol. The Bertz CT molecular complexity index is 663. The summed E-state index contributed by atoms with van der Waals surface area (Å²) in [7, 11) is 0. The van der Waals surface area contributed by atoms with Crippen LogP contribution in [-0.2, 0) is 0 Å². The first-order chi connectivity index (χ1) is 9.38. The number of halogens is 3. The highest BCUT2D eigenvalue weighted by atomic mass is 127.